The van der Waals surface area contributed by atoms with E-state index in [1.807, 2.05) is 0 Å². The van der Waals surface area contributed by atoms with E-state index in [0.29, 0.717) is 50.3 Å². The first kappa shape index (κ1) is 23.9. The van der Waals surface area contributed by atoms with Gasteiger partial charge in [0.2, 0.25) is 5.91 Å². The molecule has 9 heteroatoms. The van der Waals surface area contributed by atoms with E-state index in [4.69, 9.17) is 9.47 Å². The lowest BCUT2D eigenvalue weighted by Gasteiger charge is -2.32. The zero-order chi connectivity index (χ0) is 23.5. The number of benzene rings is 1. The SMILES string of the molecule is COCCOCC(=O)NC1CCN(C(=O)c2ccc3c(c2)C(=O)N(C(C)(C)C)C3=O)CC1. The molecule has 1 fully saturated rings. The zero-order valence-corrected chi connectivity index (χ0v) is 19.1. The quantitative estimate of drug-likeness (QED) is 0.503. The Balaban J connectivity index is 1.57. The van der Waals surface area contributed by atoms with Gasteiger partial charge in [-0.2, -0.15) is 0 Å². The number of piperidine rings is 1. The molecule has 0 saturated carbocycles. The van der Waals surface area contributed by atoms with Gasteiger partial charge in [0.15, 0.2) is 0 Å². The maximum absolute atomic E-state index is 13.0. The molecule has 1 saturated heterocycles. The molecule has 0 spiro atoms. The van der Waals surface area contributed by atoms with Crippen LogP contribution in [0.4, 0.5) is 0 Å². The number of hydrogen-bond acceptors (Lipinski definition) is 6. The van der Waals surface area contributed by atoms with Gasteiger partial charge in [0.1, 0.15) is 6.61 Å². The van der Waals surface area contributed by atoms with Gasteiger partial charge in [-0.1, -0.05) is 0 Å². The Hall–Kier alpha value is -2.78. The minimum atomic E-state index is -0.640. The molecule has 0 aromatic heterocycles. The van der Waals surface area contributed by atoms with Gasteiger partial charge in [-0.25, -0.2) is 0 Å². The predicted octanol–water partition coefficient (Wildman–Crippen LogP) is 1.46. The molecule has 0 aliphatic carbocycles. The number of nitrogens with zero attached hydrogens (tertiary/aromatic N) is 2. The van der Waals surface area contributed by atoms with Gasteiger partial charge in [0.05, 0.1) is 24.3 Å². The van der Waals surface area contributed by atoms with Crippen LogP contribution in [0.5, 0.6) is 0 Å². The smallest absolute Gasteiger partial charge is 0.262 e. The van der Waals surface area contributed by atoms with E-state index >= 15 is 0 Å². The molecule has 2 heterocycles. The number of fused-ring (bicyclic) bond motifs is 1. The molecule has 2 aliphatic rings. The second-order valence-electron chi connectivity index (χ2n) is 9.06. The van der Waals surface area contributed by atoms with Gasteiger partial charge < -0.3 is 19.7 Å². The van der Waals surface area contributed by atoms with Crippen molar-refractivity contribution in [3.05, 3.63) is 34.9 Å². The van der Waals surface area contributed by atoms with Crippen LogP contribution in [0, 0.1) is 0 Å². The number of carbonyl (C=O) groups is 4. The summed E-state index contributed by atoms with van der Waals surface area (Å²) in [7, 11) is 1.57. The average Bonchev–Trinajstić information content (AvgIpc) is 3.01. The fraction of sp³-hybridized carbons (Fsp3) is 0.565. The van der Waals surface area contributed by atoms with Crippen LogP contribution in [-0.4, -0.2) is 85.0 Å². The first-order valence-corrected chi connectivity index (χ1v) is 10.8. The number of imide groups is 1. The lowest BCUT2D eigenvalue weighted by Crippen LogP contribution is -2.47. The summed E-state index contributed by atoms with van der Waals surface area (Å²) in [5, 5.41) is 2.93. The highest BCUT2D eigenvalue weighted by atomic mass is 16.5. The number of ether oxygens (including phenoxy) is 2. The molecule has 0 unspecified atom stereocenters. The van der Waals surface area contributed by atoms with Gasteiger partial charge >= 0.3 is 0 Å². The van der Waals surface area contributed by atoms with E-state index in [9.17, 15) is 19.2 Å². The molecule has 0 atom stereocenters. The molecule has 4 amide bonds. The van der Waals surface area contributed by atoms with Crippen LogP contribution in [0.3, 0.4) is 0 Å². The van der Waals surface area contributed by atoms with Crippen LogP contribution in [0.2, 0.25) is 0 Å². The molecule has 174 valence electrons. The van der Waals surface area contributed by atoms with E-state index in [2.05, 4.69) is 5.32 Å². The van der Waals surface area contributed by atoms with Gasteiger partial charge in [-0.15, -0.1) is 0 Å². The van der Waals surface area contributed by atoms with Crippen molar-refractivity contribution in [2.75, 3.05) is 40.0 Å². The highest BCUT2D eigenvalue weighted by Gasteiger charge is 2.42. The van der Waals surface area contributed by atoms with Crippen LogP contribution in [0.25, 0.3) is 0 Å². The fourth-order valence-electron chi connectivity index (χ4n) is 3.97. The summed E-state index contributed by atoms with van der Waals surface area (Å²) < 4.78 is 10.1. The fourth-order valence-corrected chi connectivity index (χ4v) is 3.97. The minimum Gasteiger partial charge on any atom is -0.382 e. The number of carbonyl (C=O) groups excluding carboxylic acids is 4. The summed E-state index contributed by atoms with van der Waals surface area (Å²) in [6, 6.07) is 4.67. The summed E-state index contributed by atoms with van der Waals surface area (Å²) >= 11 is 0. The highest BCUT2D eigenvalue weighted by Crippen LogP contribution is 2.30. The Morgan fingerprint density at radius 3 is 2.34 bits per heavy atom. The van der Waals surface area contributed by atoms with Crippen molar-refractivity contribution < 1.29 is 28.7 Å². The lowest BCUT2D eigenvalue weighted by molar-refractivity contribution is -0.127. The highest BCUT2D eigenvalue weighted by molar-refractivity contribution is 6.22. The molecular weight excluding hydrogens is 414 g/mol. The topological polar surface area (TPSA) is 105 Å². The third-order valence-electron chi connectivity index (χ3n) is 5.62. The molecular formula is C23H31N3O6. The van der Waals surface area contributed by atoms with E-state index in [-0.39, 0.29) is 41.8 Å². The second-order valence-corrected chi connectivity index (χ2v) is 9.06. The summed E-state index contributed by atoms with van der Waals surface area (Å²) in [5.74, 6) is -1.08. The van der Waals surface area contributed by atoms with Gasteiger partial charge in [0, 0.05) is 37.3 Å². The number of rotatable bonds is 7. The second kappa shape index (κ2) is 9.79. The molecule has 0 radical (unpaired) electrons. The standard InChI is InChI=1S/C23H31N3O6/c1-23(2,3)26-21(29)17-6-5-15(13-18(17)22(26)30)20(28)25-9-7-16(8-10-25)24-19(27)14-32-12-11-31-4/h5-6,13,16H,7-12,14H2,1-4H3,(H,24,27). The minimum absolute atomic E-state index is 0.0165. The summed E-state index contributed by atoms with van der Waals surface area (Å²) in [5.41, 5.74) is 0.343. The van der Waals surface area contributed by atoms with Crippen molar-refractivity contribution in [1.82, 2.24) is 15.1 Å². The normalized spacial score (nSPS) is 17.0. The number of hydrogen-bond donors (Lipinski definition) is 1. The van der Waals surface area contributed by atoms with E-state index in [0.717, 1.165) is 0 Å². The van der Waals surface area contributed by atoms with Gasteiger partial charge in [-0.05, 0) is 51.8 Å². The van der Waals surface area contributed by atoms with E-state index < -0.39 is 5.54 Å². The van der Waals surface area contributed by atoms with Crippen LogP contribution in [-0.2, 0) is 14.3 Å². The van der Waals surface area contributed by atoms with Crippen molar-refractivity contribution >= 4 is 23.6 Å². The van der Waals surface area contributed by atoms with Crippen molar-refractivity contribution in [1.29, 1.82) is 0 Å². The van der Waals surface area contributed by atoms with Crippen LogP contribution >= 0.6 is 0 Å². The molecule has 1 aromatic carbocycles. The molecule has 0 bridgehead atoms. The van der Waals surface area contributed by atoms with Gasteiger partial charge in [0.25, 0.3) is 17.7 Å². The Kier molecular flexibility index (Phi) is 7.30. The summed E-state index contributed by atoms with van der Waals surface area (Å²) in [6.45, 7) is 7.17. The lowest BCUT2D eigenvalue weighted by atomic mass is 10.0. The zero-order valence-electron chi connectivity index (χ0n) is 19.1. The first-order valence-electron chi connectivity index (χ1n) is 10.8. The van der Waals surface area contributed by atoms with E-state index in [1.165, 1.54) is 11.0 Å². The third kappa shape index (κ3) is 5.16. The summed E-state index contributed by atoms with van der Waals surface area (Å²) in [6.07, 6.45) is 1.27. The first-order chi connectivity index (χ1) is 15.1. The number of likely N-dealkylation sites (tertiary alicyclic amines) is 1. The van der Waals surface area contributed by atoms with Crippen molar-refractivity contribution in [2.24, 2.45) is 0 Å². The van der Waals surface area contributed by atoms with Crippen molar-refractivity contribution in [2.45, 2.75) is 45.2 Å². The van der Waals surface area contributed by atoms with E-state index in [1.54, 1.807) is 44.9 Å². The monoisotopic (exact) mass is 445 g/mol. The molecule has 32 heavy (non-hydrogen) atoms. The Morgan fingerprint density at radius 2 is 1.72 bits per heavy atom. The Labute approximate surface area is 188 Å². The number of amides is 4. The molecule has 3 rings (SSSR count). The van der Waals surface area contributed by atoms with Crippen LogP contribution in [0.15, 0.2) is 18.2 Å². The molecule has 1 aromatic rings. The largest absolute Gasteiger partial charge is 0.382 e. The maximum atomic E-state index is 13.0. The predicted molar refractivity (Wildman–Crippen MR) is 116 cm³/mol. The van der Waals surface area contributed by atoms with Crippen LogP contribution < -0.4 is 5.32 Å². The van der Waals surface area contributed by atoms with Crippen LogP contribution in [0.1, 0.15) is 64.7 Å². The summed E-state index contributed by atoms with van der Waals surface area (Å²) in [4.78, 5) is 53.3. The maximum Gasteiger partial charge on any atom is 0.262 e. The number of nitrogens with one attached hydrogen (secondary N) is 1. The van der Waals surface area contributed by atoms with Crippen molar-refractivity contribution in [3.63, 3.8) is 0 Å². The molecule has 1 N–H and O–H groups in total. The third-order valence-corrected chi connectivity index (χ3v) is 5.62. The average molecular weight is 446 g/mol. The van der Waals surface area contributed by atoms with Crippen molar-refractivity contribution in [3.8, 4) is 0 Å². The Bertz CT molecular complexity index is 899. The molecule has 9 nitrogen and oxygen atoms in total. The Morgan fingerprint density at radius 1 is 1.06 bits per heavy atom. The molecule has 2 aliphatic heterocycles. The van der Waals surface area contributed by atoms with Gasteiger partial charge in [-0.3, -0.25) is 24.1 Å². The number of methoxy groups -OCH3 is 1.